The van der Waals surface area contributed by atoms with Crippen molar-refractivity contribution in [1.82, 2.24) is 4.98 Å². The summed E-state index contributed by atoms with van der Waals surface area (Å²) >= 11 is 1.53. The number of aryl methyl sites for hydroxylation is 1. The molecule has 3 nitrogen and oxygen atoms in total. The first kappa shape index (κ1) is 12.0. The number of hydrogen-bond acceptors (Lipinski definition) is 4. The summed E-state index contributed by atoms with van der Waals surface area (Å²) in [5.41, 5.74) is 1.67. The van der Waals surface area contributed by atoms with Crippen molar-refractivity contribution in [2.24, 2.45) is 0 Å². The van der Waals surface area contributed by atoms with Crippen LogP contribution in [0.3, 0.4) is 0 Å². The van der Waals surface area contributed by atoms with Crippen molar-refractivity contribution >= 4 is 17.4 Å². The lowest BCUT2D eigenvalue weighted by atomic mass is 10.3. The van der Waals surface area contributed by atoms with Crippen molar-refractivity contribution in [3.05, 3.63) is 42.0 Å². The molecule has 0 atom stereocenters. The van der Waals surface area contributed by atoms with Gasteiger partial charge in [0.05, 0.1) is 5.69 Å². The zero-order valence-corrected chi connectivity index (χ0v) is 10.3. The van der Waals surface area contributed by atoms with Crippen LogP contribution in [0.25, 0.3) is 0 Å². The molecular weight excluding hydrogens is 239 g/mol. The van der Waals surface area contributed by atoms with Gasteiger partial charge in [-0.3, -0.25) is 0 Å². The number of halogens is 1. The molecule has 0 fully saturated rings. The summed E-state index contributed by atoms with van der Waals surface area (Å²) in [7, 11) is 0. The molecule has 0 unspecified atom stereocenters. The molecule has 1 heterocycles. The van der Waals surface area contributed by atoms with Crippen LogP contribution in [-0.2, 0) is 0 Å². The Bertz CT molecular complexity index is 487. The Morgan fingerprint density at radius 2 is 2.35 bits per heavy atom. The van der Waals surface area contributed by atoms with E-state index < -0.39 is 0 Å². The van der Waals surface area contributed by atoms with E-state index in [-0.39, 0.29) is 5.82 Å². The Kier molecular flexibility index (Phi) is 4.03. The maximum absolute atomic E-state index is 12.9. The molecule has 90 valence electrons. The number of thioether (sulfide) groups is 1. The number of rotatable bonds is 5. The number of hydrogen-bond donors (Lipinski definition) is 1. The minimum Gasteiger partial charge on any atom is -0.440 e. The van der Waals surface area contributed by atoms with Gasteiger partial charge in [0, 0.05) is 18.0 Å². The molecule has 0 spiro atoms. The van der Waals surface area contributed by atoms with Gasteiger partial charge in [0.2, 0.25) is 0 Å². The highest BCUT2D eigenvalue weighted by atomic mass is 32.2. The Hall–Kier alpha value is -1.49. The van der Waals surface area contributed by atoms with Crippen LogP contribution in [0.5, 0.6) is 0 Å². The van der Waals surface area contributed by atoms with Gasteiger partial charge in [-0.1, -0.05) is 17.8 Å². The fraction of sp³-hybridized carbons (Fsp3) is 0.250. The van der Waals surface area contributed by atoms with Gasteiger partial charge in [0.25, 0.3) is 5.22 Å². The van der Waals surface area contributed by atoms with E-state index in [1.807, 2.05) is 13.0 Å². The second-order valence-corrected chi connectivity index (χ2v) is 4.59. The molecule has 2 rings (SSSR count). The highest BCUT2D eigenvalue weighted by molar-refractivity contribution is 7.99. The van der Waals surface area contributed by atoms with Gasteiger partial charge in [0.1, 0.15) is 12.1 Å². The average molecular weight is 252 g/mol. The molecule has 0 bridgehead atoms. The van der Waals surface area contributed by atoms with Crippen molar-refractivity contribution in [3.8, 4) is 0 Å². The molecule has 5 heteroatoms. The van der Waals surface area contributed by atoms with Crippen LogP contribution in [0.2, 0.25) is 0 Å². The predicted octanol–water partition coefficient (Wildman–Crippen LogP) is 3.33. The zero-order chi connectivity index (χ0) is 12.1. The van der Waals surface area contributed by atoms with Gasteiger partial charge in [0.15, 0.2) is 0 Å². The van der Waals surface area contributed by atoms with Crippen LogP contribution in [0.1, 0.15) is 5.69 Å². The molecular formula is C12H13FN2OS. The van der Waals surface area contributed by atoms with E-state index in [4.69, 9.17) is 4.42 Å². The fourth-order valence-corrected chi connectivity index (χ4v) is 2.03. The minimum atomic E-state index is -0.231. The third-order valence-corrected chi connectivity index (χ3v) is 2.92. The minimum absolute atomic E-state index is 0.231. The molecule has 0 aliphatic rings. The fourth-order valence-electron chi connectivity index (χ4n) is 1.33. The van der Waals surface area contributed by atoms with E-state index in [9.17, 15) is 4.39 Å². The molecule has 0 aliphatic heterocycles. The summed E-state index contributed by atoms with van der Waals surface area (Å²) in [6, 6.07) is 6.42. The predicted molar refractivity (Wildman–Crippen MR) is 66.9 cm³/mol. The Morgan fingerprint density at radius 1 is 1.47 bits per heavy atom. The maximum atomic E-state index is 12.9. The molecule has 1 aromatic heterocycles. The van der Waals surface area contributed by atoms with Gasteiger partial charge in [-0.05, 0) is 25.1 Å². The molecule has 17 heavy (non-hydrogen) atoms. The third-order valence-electron chi connectivity index (χ3n) is 2.08. The number of anilines is 1. The number of aromatic nitrogens is 1. The standard InChI is InChI=1S/C12H13FN2OS/c1-9-8-16-12(15-9)17-6-5-14-11-4-2-3-10(13)7-11/h2-4,7-8,14H,5-6H2,1H3. The largest absolute Gasteiger partial charge is 0.440 e. The van der Waals surface area contributed by atoms with E-state index in [1.54, 1.807) is 12.3 Å². The Morgan fingerprint density at radius 3 is 3.06 bits per heavy atom. The monoisotopic (exact) mass is 252 g/mol. The molecule has 0 aliphatic carbocycles. The van der Waals surface area contributed by atoms with Gasteiger partial charge >= 0.3 is 0 Å². The van der Waals surface area contributed by atoms with E-state index in [0.717, 1.165) is 23.7 Å². The van der Waals surface area contributed by atoms with E-state index in [2.05, 4.69) is 10.3 Å². The molecule has 1 aromatic carbocycles. The lowest BCUT2D eigenvalue weighted by molar-refractivity contribution is 0.454. The number of benzene rings is 1. The normalized spacial score (nSPS) is 10.5. The van der Waals surface area contributed by atoms with Crippen molar-refractivity contribution in [2.75, 3.05) is 17.6 Å². The summed E-state index contributed by atoms with van der Waals surface area (Å²) < 4.78 is 18.1. The van der Waals surface area contributed by atoms with Crippen LogP contribution in [0, 0.1) is 12.7 Å². The first-order chi connectivity index (χ1) is 8.24. The Labute approximate surface area is 103 Å². The zero-order valence-electron chi connectivity index (χ0n) is 9.44. The van der Waals surface area contributed by atoms with Crippen molar-refractivity contribution in [1.29, 1.82) is 0 Å². The van der Waals surface area contributed by atoms with E-state index >= 15 is 0 Å². The highest BCUT2D eigenvalue weighted by Gasteiger charge is 2.00. The molecule has 1 N–H and O–H groups in total. The SMILES string of the molecule is Cc1coc(SCCNc2cccc(F)c2)n1. The number of nitrogens with zero attached hydrogens (tertiary/aromatic N) is 1. The lowest BCUT2D eigenvalue weighted by Crippen LogP contribution is -2.03. The van der Waals surface area contributed by atoms with Crippen LogP contribution in [0.4, 0.5) is 10.1 Å². The second-order valence-electron chi connectivity index (χ2n) is 3.54. The molecule has 2 aromatic rings. The van der Waals surface area contributed by atoms with Gasteiger partial charge in [-0.25, -0.2) is 9.37 Å². The van der Waals surface area contributed by atoms with Gasteiger partial charge < -0.3 is 9.73 Å². The lowest BCUT2D eigenvalue weighted by Gasteiger charge is -2.04. The van der Waals surface area contributed by atoms with E-state index in [1.165, 1.54) is 23.9 Å². The number of nitrogens with one attached hydrogen (secondary N) is 1. The Balaban J connectivity index is 1.73. The molecule has 0 saturated carbocycles. The summed E-state index contributed by atoms with van der Waals surface area (Å²) in [6.45, 7) is 2.62. The average Bonchev–Trinajstić information content (AvgIpc) is 2.71. The molecule has 0 amide bonds. The van der Waals surface area contributed by atoms with Crippen molar-refractivity contribution < 1.29 is 8.81 Å². The smallest absolute Gasteiger partial charge is 0.255 e. The van der Waals surface area contributed by atoms with E-state index in [0.29, 0.717) is 5.22 Å². The second kappa shape index (κ2) is 5.72. The maximum Gasteiger partial charge on any atom is 0.255 e. The quantitative estimate of drug-likeness (QED) is 0.654. The summed E-state index contributed by atoms with van der Waals surface area (Å²) in [5, 5.41) is 3.80. The number of oxazole rings is 1. The molecule has 0 saturated heterocycles. The van der Waals surface area contributed by atoms with Crippen LogP contribution in [0.15, 0.2) is 40.2 Å². The van der Waals surface area contributed by atoms with Crippen molar-refractivity contribution in [3.63, 3.8) is 0 Å². The summed E-state index contributed by atoms with van der Waals surface area (Å²) in [6.07, 6.45) is 1.63. The summed E-state index contributed by atoms with van der Waals surface area (Å²) in [5.74, 6) is 0.585. The third kappa shape index (κ3) is 3.78. The summed E-state index contributed by atoms with van der Waals surface area (Å²) in [4.78, 5) is 4.18. The first-order valence-corrected chi connectivity index (χ1v) is 6.27. The molecule has 0 radical (unpaired) electrons. The first-order valence-electron chi connectivity index (χ1n) is 5.28. The highest BCUT2D eigenvalue weighted by Crippen LogP contribution is 2.16. The van der Waals surface area contributed by atoms with Crippen molar-refractivity contribution in [2.45, 2.75) is 12.1 Å². The van der Waals surface area contributed by atoms with Gasteiger partial charge in [-0.2, -0.15) is 0 Å². The van der Waals surface area contributed by atoms with Gasteiger partial charge in [-0.15, -0.1) is 0 Å². The van der Waals surface area contributed by atoms with Crippen LogP contribution < -0.4 is 5.32 Å². The topological polar surface area (TPSA) is 38.1 Å². The van der Waals surface area contributed by atoms with Crippen LogP contribution in [-0.4, -0.2) is 17.3 Å². The van der Waals surface area contributed by atoms with Crippen LogP contribution >= 0.6 is 11.8 Å².